The van der Waals surface area contributed by atoms with Crippen molar-refractivity contribution in [3.8, 4) is 5.75 Å². The SMILES string of the molecule is COc1cc(NC(=O)C(Cc2ccccc2)NC(=O)OC(C)(C)C)ccc1SCc1ccccc1. The summed E-state index contributed by atoms with van der Waals surface area (Å²) >= 11 is 1.66. The molecular formula is C28H32N2O4S. The Hall–Kier alpha value is -3.45. The second kappa shape index (κ2) is 12.3. The van der Waals surface area contributed by atoms with E-state index in [1.807, 2.05) is 60.7 Å². The van der Waals surface area contributed by atoms with Crippen LogP contribution in [0.25, 0.3) is 0 Å². The predicted molar refractivity (Wildman–Crippen MR) is 141 cm³/mol. The summed E-state index contributed by atoms with van der Waals surface area (Å²) in [7, 11) is 1.61. The maximum absolute atomic E-state index is 13.2. The highest BCUT2D eigenvalue weighted by Crippen LogP contribution is 2.34. The van der Waals surface area contributed by atoms with Crippen molar-refractivity contribution in [2.75, 3.05) is 12.4 Å². The van der Waals surface area contributed by atoms with Crippen molar-refractivity contribution in [1.82, 2.24) is 5.32 Å². The number of carbonyl (C=O) groups excluding carboxylic acids is 2. The van der Waals surface area contributed by atoms with Gasteiger partial charge in [-0.05, 0) is 44.0 Å². The average molecular weight is 493 g/mol. The topological polar surface area (TPSA) is 76.7 Å². The molecule has 1 unspecified atom stereocenters. The number of methoxy groups -OCH3 is 1. The van der Waals surface area contributed by atoms with Gasteiger partial charge in [0.05, 0.1) is 7.11 Å². The van der Waals surface area contributed by atoms with Gasteiger partial charge in [0.2, 0.25) is 5.91 Å². The van der Waals surface area contributed by atoms with Crippen molar-refractivity contribution >= 4 is 29.4 Å². The number of ether oxygens (including phenoxy) is 2. The third-order valence-corrected chi connectivity index (χ3v) is 6.08. The zero-order valence-corrected chi connectivity index (χ0v) is 21.4. The number of anilines is 1. The Morgan fingerprint density at radius 2 is 1.54 bits per heavy atom. The van der Waals surface area contributed by atoms with Crippen LogP contribution in [0.5, 0.6) is 5.75 Å². The minimum absolute atomic E-state index is 0.327. The number of hydrogen-bond acceptors (Lipinski definition) is 5. The summed E-state index contributed by atoms with van der Waals surface area (Å²) in [6, 6.07) is 24.5. The number of nitrogens with one attached hydrogen (secondary N) is 2. The molecule has 0 bridgehead atoms. The van der Waals surface area contributed by atoms with Crippen molar-refractivity contribution in [2.24, 2.45) is 0 Å². The van der Waals surface area contributed by atoms with Crippen LogP contribution in [0.1, 0.15) is 31.9 Å². The summed E-state index contributed by atoms with van der Waals surface area (Å²) in [6.45, 7) is 5.34. The van der Waals surface area contributed by atoms with Crippen LogP contribution in [0.3, 0.4) is 0 Å². The van der Waals surface area contributed by atoms with Gasteiger partial charge in [0.25, 0.3) is 0 Å². The number of benzene rings is 3. The fourth-order valence-corrected chi connectivity index (χ4v) is 4.30. The summed E-state index contributed by atoms with van der Waals surface area (Å²) in [6.07, 6.45) is -0.313. The number of carbonyl (C=O) groups is 2. The molecule has 3 aromatic rings. The van der Waals surface area contributed by atoms with Gasteiger partial charge in [0, 0.05) is 28.8 Å². The molecule has 2 amide bonds. The van der Waals surface area contributed by atoms with Gasteiger partial charge in [-0.3, -0.25) is 4.79 Å². The van der Waals surface area contributed by atoms with E-state index in [1.54, 1.807) is 45.7 Å². The second-order valence-corrected chi connectivity index (χ2v) is 10.0. The molecule has 0 saturated heterocycles. The molecule has 0 aliphatic rings. The number of amides is 2. The molecule has 0 radical (unpaired) electrons. The lowest BCUT2D eigenvalue weighted by Crippen LogP contribution is -2.47. The molecule has 35 heavy (non-hydrogen) atoms. The monoisotopic (exact) mass is 492 g/mol. The molecule has 0 fully saturated rings. The van der Waals surface area contributed by atoms with Crippen molar-refractivity contribution in [3.05, 3.63) is 90.0 Å². The van der Waals surface area contributed by atoms with E-state index in [-0.39, 0.29) is 5.91 Å². The van der Waals surface area contributed by atoms with Crippen LogP contribution in [-0.4, -0.2) is 30.8 Å². The molecule has 7 heteroatoms. The normalized spacial score (nSPS) is 11.9. The third kappa shape index (κ3) is 8.68. The van der Waals surface area contributed by atoms with Gasteiger partial charge < -0.3 is 20.1 Å². The lowest BCUT2D eigenvalue weighted by atomic mass is 10.1. The van der Waals surface area contributed by atoms with Crippen molar-refractivity contribution in [3.63, 3.8) is 0 Å². The summed E-state index contributed by atoms with van der Waals surface area (Å²) in [5.41, 5.74) is 2.06. The lowest BCUT2D eigenvalue weighted by molar-refractivity contribution is -0.118. The minimum Gasteiger partial charge on any atom is -0.496 e. The lowest BCUT2D eigenvalue weighted by Gasteiger charge is -2.23. The molecule has 0 aliphatic heterocycles. The van der Waals surface area contributed by atoms with E-state index in [0.717, 1.165) is 16.2 Å². The van der Waals surface area contributed by atoms with Crippen LogP contribution in [0.2, 0.25) is 0 Å². The molecular weight excluding hydrogens is 460 g/mol. The third-order valence-electron chi connectivity index (χ3n) is 4.96. The standard InChI is InChI=1S/C28H32N2O4S/c1-28(2,3)34-27(32)30-23(17-20-11-7-5-8-12-20)26(31)29-22-15-16-25(24(18-22)33-4)35-19-21-13-9-6-10-14-21/h5-16,18,23H,17,19H2,1-4H3,(H,29,31)(H,30,32). The van der Waals surface area contributed by atoms with Gasteiger partial charge >= 0.3 is 6.09 Å². The molecule has 0 aliphatic carbocycles. The van der Waals surface area contributed by atoms with Crippen LogP contribution < -0.4 is 15.4 Å². The number of hydrogen-bond donors (Lipinski definition) is 2. The van der Waals surface area contributed by atoms with Crippen molar-refractivity contribution in [1.29, 1.82) is 0 Å². The highest BCUT2D eigenvalue weighted by atomic mass is 32.2. The van der Waals surface area contributed by atoms with Gasteiger partial charge in [0.1, 0.15) is 17.4 Å². The quantitative estimate of drug-likeness (QED) is 0.355. The van der Waals surface area contributed by atoms with E-state index in [9.17, 15) is 9.59 Å². The fourth-order valence-electron chi connectivity index (χ4n) is 3.34. The van der Waals surface area contributed by atoms with Gasteiger partial charge in [-0.15, -0.1) is 11.8 Å². The highest BCUT2D eigenvalue weighted by molar-refractivity contribution is 7.98. The Labute approximate surface area is 211 Å². The Kier molecular flexibility index (Phi) is 9.20. The first-order chi connectivity index (χ1) is 16.7. The van der Waals surface area contributed by atoms with Gasteiger partial charge in [0.15, 0.2) is 0 Å². The smallest absolute Gasteiger partial charge is 0.408 e. The molecule has 1 atom stereocenters. The first-order valence-corrected chi connectivity index (χ1v) is 12.4. The predicted octanol–water partition coefficient (Wildman–Crippen LogP) is 6.06. The second-order valence-electron chi connectivity index (χ2n) is 9.02. The zero-order chi connectivity index (χ0) is 25.3. The molecule has 3 rings (SSSR count). The van der Waals surface area contributed by atoms with Crippen molar-refractivity contribution in [2.45, 2.75) is 49.5 Å². The Morgan fingerprint density at radius 3 is 2.14 bits per heavy atom. The number of rotatable bonds is 9. The van der Waals surface area contributed by atoms with Gasteiger partial charge in [-0.2, -0.15) is 0 Å². The molecule has 2 N–H and O–H groups in total. The van der Waals surface area contributed by atoms with Crippen LogP contribution in [0.15, 0.2) is 83.8 Å². The Balaban J connectivity index is 1.71. The van der Waals surface area contributed by atoms with E-state index >= 15 is 0 Å². The molecule has 0 saturated carbocycles. The maximum Gasteiger partial charge on any atom is 0.408 e. The van der Waals surface area contributed by atoms with Crippen molar-refractivity contribution < 1.29 is 19.1 Å². The summed E-state index contributed by atoms with van der Waals surface area (Å²) in [5.74, 6) is 1.14. The fraction of sp³-hybridized carbons (Fsp3) is 0.286. The van der Waals surface area contributed by atoms with E-state index in [2.05, 4.69) is 22.8 Å². The van der Waals surface area contributed by atoms with Crippen LogP contribution in [0, 0.1) is 0 Å². The highest BCUT2D eigenvalue weighted by Gasteiger charge is 2.25. The Morgan fingerprint density at radius 1 is 0.914 bits per heavy atom. The molecule has 184 valence electrons. The Bertz CT molecular complexity index is 1110. The molecule has 0 heterocycles. The largest absolute Gasteiger partial charge is 0.496 e. The number of alkyl carbamates (subject to hydrolysis) is 1. The van der Waals surface area contributed by atoms with Gasteiger partial charge in [-0.1, -0.05) is 60.7 Å². The first kappa shape index (κ1) is 26.2. The molecule has 3 aromatic carbocycles. The minimum atomic E-state index is -0.814. The average Bonchev–Trinajstić information content (AvgIpc) is 2.83. The summed E-state index contributed by atoms with van der Waals surface area (Å²) in [5, 5.41) is 5.62. The van der Waals surface area contributed by atoms with Gasteiger partial charge in [-0.25, -0.2) is 4.79 Å². The van der Waals surface area contributed by atoms with E-state index in [0.29, 0.717) is 17.9 Å². The maximum atomic E-state index is 13.2. The summed E-state index contributed by atoms with van der Waals surface area (Å²) in [4.78, 5) is 26.6. The van der Waals surface area contributed by atoms with E-state index in [1.165, 1.54) is 5.56 Å². The molecule has 6 nitrogen and oxygen atoms in total. The van der Waals surface area contributed by atoms with Crippen LogP contribution >= 0.6 is 11.8 Å². The van der Waals surface area contributed by atoms with E-state index in [4.69, 9.17) is 9.47 Å². The molecule has 0 aromatic heterocycles. The van der Waals surface area contributed by atoms with Crippen LogP contribution in [0.4, 0.5) is 10.5 Å². The zero-order valence-electron chi connectivity index (χ0n) is 20.5. The first-order valence-electron chi connectivity index (χ1n) is 11.4. The van der Waals surface area contributed by atoms with E-state index < -0.39 is 17.7 Å². The number of thioether (sulfide) groups is 1. The summed E-state index contributed by atoms with van der Waals surface area (Å²) < 4.78 is 10.9. The van der Waals surface area contributed by atoms with Crippen LogP contribution in [-0.2, 0) is 21.7 Å². The molecule has 0 spiro atoms.